The van der Waals surface area contributed by atoms with Crippen molar-refractivity contribution < 1.29 is 0 Å². The summed E-state index contributed by atoms with van der Waals surface area (Å²) in [5.41, 5.74) is 3.72. The first kappa shape index (κ1) is 9.34. The summed E-state index contributed by atoms with van der Waals surface area (Å²) in [6.45, 7) is 5.87. The molecule has 1 rings (SSSR count). The Morgan fingerprint density at radius 3 is 2.67 bits per heavy atom. The zero-order valence-electron chi connectivity index (χ0n) is 7.31. The Morgan fingerprint density at radius 2 is 2.17 bits per heavy atom. The molecule has 12 heavy (non-hydrogen) atoms. The minimum absolute atomic E-state index is 0.598. The fraction of sp³-hybridized carbons (Fsp3) is 0.273. The first-order valence-corrected chi connectivity index (χ1v) is 4.65. The molecule has 0 amide bonds. The van der Waals surface area contributed by atoms with E-state index < -0.39 is 0 Å². The molecule has 0 atom stereocenters. The fourth-order valence-electron chi connectivity index (χ4n) is 1.23. The molecule has 0 radical (unpaired) electrons. The number of alkyl halides is 1. The molecule has 64 valence electrons. The van der Waals surface area contributed by atoms with Crippen LogP contribution in [-0.4, -0.2) is 0 Å². The third kappa shape index (κ3) is 1.89. The minimum Gasteiger partial charge on any atom is -0.122 e. The largest absolute Gasteiger partial charge is 0.122 e. The van der Waals surface area contributed by atoms with E-state index in [2.05, 4.69) is 25.6 Å². The van der Waals surface area contributed by atoms with Gasteiger partial charge in [-0.3, -0.25) is 0 Å². The predicted octanol–water partition coefficient (Wildman–Crippen LogP) is 3.63. The summed E-state index contributed by atoms with van der Waals surface area (Å²) >= 11 is 5.78. The number of rotatable bonds is 3. The van der Waals surface area contributed by atoms with Gasteiger partial charge in [-0.05, 0) is 23.1 Å². The van der Waals surface area contributed by atoms with E-state index in [1.165, 1.54) is 16.7 Å². The van der Waals surface area contributed by atoms with Crippen molar-refractivity contribution in [1.82, 2.24) is 0 Å². The van der Waals surface area contributed by atoms with Gasteiger partial charge in [0, 0.05) is 5.88 Å². The van der Waals surface area contributed by atoms with Gasteiger partial charge in [0.05, 0.1) is 0 Å². The number of benzene rings is 1. The van der Waals surface area contributed by atoms with E-state index in [4.69, 9.17) is 11.6 Å². The quantitative estimate of drug-likeness (QED) is 0.624. The minimum atomic E-state index is 0.598. The number of halogens is 1. The molecule has 0 fully saturated rings. The van der Waals surface area contributed by atoms with Gasteiger partial charge in [-0.2, -0.15) is 0 Å². The summed E-state index contributed by atoms with van der Waals surface area (Å²) in [7, 11) is 0. The highest BCUT2D eigenvalue weighted by molar-refractivity contribution is 6.17. The van der Waals surface area contributed by atoms with Gasteiger partial charge in [0.25, 0.3) is 0 Å². The molecule has 0 N–H and O–H groups in total. The summed E-state index contributed by atoms with van der Waals surface area (Å²) < 4.78 is 0. The van der Waals surface area contributed by atoms with Gasteiger partial charge in [0.2, 0.25) is 0 Å². The van der Waals surface area contributed by atoms with E-state index in [0.29, 0.717) is 5.88 Å². The molecule has 0 nitrogen and oxygen atoms in total. The molecule has 0 heterocycles. The molecular weight excluding hydrogens is 168 g/mol. The van der Waals surface area contributed by atoms with Crippen molar-refractivity contribution in [2.75, 3.05) is 0 Å². The third-order valence-corrected chi connectivity index (χ3v) is 2.28. The van der Waals surface area contributed by atoms with Gasteiger partial charge >= 0.3 is 0 Å². The lowest BCUT2D eigenvalue weighted by Gasteiger charge is -2.05. The SMILES string of the molecule is C=Cc1ccc(CCl)c(CC)c1. The second kappa shape index (κ2) is 4.32. The van der Waals surface area contributed by atoms with Crippen LogP contribution in [0.2, 0.25) is 0 Å². The van der Waals surface area contributed by atoms with E-state index in [1.807, 2.05) is 12.1 Å². The lowest BCUT2D eigenvalue weighted by molar-refractivity contribution is 1.10. The molecule has 0 aliphatic heterocycles. The van der Waals surface area contributed by atoms with Crippen LogP contribution in [0.1, 0.15) is 23.6 Å². The normalized spacial score (nSPS) is 9.83. The predicted molar refractivity (Wildman–Crippen MR) is 55.5 cm³/mol. The highest BCUT2D eigenvalue weighted by atomic mass is 35.5. The van der Waals surface area contributed by atoms with E-state index in [0.717, 1.165) is 6.42 Å². The molecule has 0 aliphatic carbocycles. The Kier molecular flexibility index (Phi) is 3.36. The zero-order chi connectivity index (χ0) is 8.97. The summed E-state index contributed by atoms with van der Waals surface area (Å²) in [6.07, 6.45) is 2.89. The third-order valence-electron chi connectivity index (χ3n) is 1.99. The van der Waals surface area contributed by atoms with Crippen LogP contribution in [0, 0.1) is 0 Å². The lowest BCUT2D eigenvalue weighted by Crippen LogP contribution is -1.89. The van der Waals surface area contributed by atoms with Crippen molar-refractivity contribution in [3.05, 3.63) is 41.5 Å². The zero-order valence-corrected chi connectivity index (χ0v) is 8.06. The van der Waals surface area contributed by atoms with Gasteiger partial charge in [-0.25, -0.2) is 0 Å². The van der Waals surface area contributed by atoms with E-state index >= 15 is 0 Å². The molecule has 1 aromatic rings. The molecular formula is C11H13Cl. The van der Waals surface area contributed by atoms with Crippen LogP contribution in [-0.2, 0) is 12.3 Å². The van der Waals surface area contributed by atoms with Crippen LogP contribution in [0.15, 0.2) is 24.8 Å². The van der Waals surface area contributed by atoms with Crippen molar-refractivity contribution in [2.45, 2.75) is 19.2 Å². The van der Waals surface area contributed by atoms with Crippen LogP contribution in [0.25, 0.3) is 6.08 Å². The molecule has 0 aliphatic rings. The Bertz CT molecular complexity index is 276. The van der Waals surface area contributed by atoms with E-state index in [1.54, 1.807) is 0 Å². The summed E-state index contributed by atoms with van der Waals surface area (Å²) in [4.78, 5) is 0. The van der Waals surface area contributed by atoms with E-state index in [-0.39, 0.29) is 0 Å². The monoisotopic (exact) mass is 180 g/mol. The first-order chi connectivity index (χ1) is 5.81. The van der Waals surface area contributed by atoms with Crippen molar-refractivity contribution in [1.29, 1.82) is 0 Å². The molecule has 1 heteroatoms. The van der Waals surface area contributed by atoms with Crippen molar-refractivity contribution in [3.63, 3.8) is 0 Å². The summed E-state index contributed by atoms with van der Waals surface area (Å²) in [5, 5.41) is 0. The highest BCUT2D eigenvalue weighted by Crippen LogP contribution is 2.15. The van der Waals surface area contributed by atoms with Gasteiger partial charge in [-0.15, -0.1) is 11.6 Å². The fourth-order valence-corrected chi connectivity index (χ4v) is 1.49. The molecule has 0 aromatic heterocycles. The van der Waals surface area contributed by atoms with Crippen LogP contribution in [0.5, 0.6) is 0 Å². The summed E-state index contributed by atoms with van der Waals surface area (Å²) in [6, 6.07) is 6.26. The topological polar surface area (TPSA) is 0 Å². The molecule has 0 unspecified atom stereocenters. The van der Waals surface area contributed by atoms with Gasteiger partial charge in [0.1, 0.15) is 0 Å². The first-order valence-electron chi connectivity index (χ1n) is 4.12. The lowest BCUT2D eigenvalue weighted by atomic mass is 10.0. The summed E-state index contributed by atoms with van der Waals surface area (Å²) in [5.74, 6) is 0.598. The van der Waals surface area contributed by atoms with Crippen LogP contribution < -0.4 is 0 Å². The van der Waals surface area contributed by atoms with Crippen molar-refractivity contribution in [2.24, 2.45) is 0 Å². The average Bonchev–Trinajstić information content (AvgIpc) is 2.16. The van der Waals surface area contributed by atoms with Crippen molar-refractivity contribution in [3.8, 4) is 0 Å². The Labute approximate surface area is 78.9 Å². The standard InChI is InChI=1S/C11H13Cl/c1-3-9-5-6-11(8-12)10(4-2)7-9/h3,5-7H,1,4,8H2,2H3. The van der Waals surface area contributed by atoms with Gasteiger partial charge < -0.3 is 0 Å². The maximum Gasteiger partial charge on any atom is 0.0476 e. The Hall–Kier alpha value is -0.750. The van der Waals surface area contributed by atoms with Crippen LogP contribution in [0.3, 0.4) is 0 Å². The Morgan fingerprint density at radius 1 is 1.42 bits per heavy atom. The van der Waals surface area contributed by atoms with E-state index in [9.17, 15) is 0 Å². The second-order valence-electron chi connectivity index (χ2n) is 2.72. The molecule has 0 bridgehead atoms. The highest BCUT2D eigenvalue weighted by Gasteiger charge is 1.98. The van der Waals surface area contributed by atoms with Gasteiger partial charge in [-0.1, -0.05) is 37.8 Å². The maximum absolute atomic E-state index is 5.78. The molecule has 0 saturated heterocycles. The molecule has 0 spiro atoms. The maximum atomic E-state index is 5.78. The smallest absolute Gasteiger partial charge is 0.0476 e. The second-order valence-corrected chi connectivity index (χ2v) is 2.99. The van der Waals surface area contributed by atoms with Crippen molar-refractivity contribution >= 4 is 17.7 Å². The van der Waals surface area contributed by atoms with Crippen LogP contribution in [0.4, 0.5) is 0 Å². The Balaban J connectivity index is 3.10. The molecule has 0 saturated carbocycles. The number of hydrogen-bond acceptors (Lipinski definition) is 0. The average molecular weight is 181 g/mol. The van der Waals surface area contributed by atoms with Gasteiger partial charge in [0.15, 0.2) is 0 Å². The number of aryl methyl sites for hydroxylation is 1. The molecule has 1 aromatic carbocycles. The van der Waals surface area contributed by atoms with Crippen LogP contribution >= 0.6 is 11.6 Å². The number of hydrogen-bond donors (Lipinski definition) is 0.